The molecule has 2 rings (SSSR count). The van der Waals surface area contributed by atoms with Gasteiger partial charge < -0.3 is 10.1 Å². The van der Waals surface area contributed by atoms with E-state index in [1.54, 1.807) is 12.4 Å². The van der Waals surface area contributed by atoms with Crippen molar-refractivity contribution in [1.82, 2.24) is 4.98 Å². The Kier molecular flexibility index (Phi) is 5.63. The topological polar surface area (TPSA) is 51.2 Å². The van der Waals surface area contributed by atoms with Crippen molar-refractivity contribution in [2.75, 3.05) is 18.5 Å². The molecule has 1 saturated carbocycles. The molecule has 0 spiro atoms. The van der Waals surface area contributed by atoms with Gasteiger partial charge in [0.1, 0.15) is 5.00 Å². The molecule has 0 atom stereocenters. The third kappa shape index (κ3) is 4.20. The smallest absolute Gasteiger partial charge is 0.360 e. The van der Waals surface area contributed by atoms with Gasteiger partial charge in [-0.25, -0.2) is 9.78 Å². The second-order valence-electron chi connectivity index (χ2n) is 4.97. The molecule has 106 valence electrons. The third-order valence-electron chi connectivity index (χ3n) is 3.59. The normalized spacial score (nSPS) is 15.6. The van der Waals surface area contributed by atoms with Crippen LogP contribution in [0.4, 0.5) is 5.00 Å². The molecule has 0 unspecified atom stereocenters. The highest BCUT2D eigenvalue weighted by Gasteiger charge is 2.16. The van der Waals surface area contributed by atoms with E-state index in [4.69, 9.17) is 4.74 Å². The Hall–Kier alpha value is -1.10. The van der Waals surface area contributed by atoms with E-state index in [1.807, 2.05) is 0 Å². The molecule has 1 aromatic heterocycles. The molecular weight excluding hydrogens is 260 g/mol. The highest BCUT2D eigenvalue weighted by atomic mass is 32.1. The molecule has 1 fully saturated rings. The summed E-state index contributed by atoms with van der Waals surface area (Å²) in [6, 6.07) is 0. The largest absolute Gasteiger partial charge is 0.461 e. The van der Waals surface area contributed by atoms with Crippen LogP contribution in [0.15, 0.2) is 5.51 Å². The highest BCUT2D eigenvalue weighted by molar-refractivity contribution is 7.14. The number of hydrogen-bond donors (Lipinski definition) is 1. The minimum absolute atomic E-state index is 0.331. The number of aromatic nitrogens is 1. The quantitative estimate of drug-likeness (QED) is 0.612. The molecule has 1 N–H and O–H groups in total. The van der Waals surface area contributed by atoms with Crippen LogP contribution in [0.2, 0.25) is 0 Å². The van der Waals surface area contributed by atoms with Gasteiger partial charge in [0.15, 0.2) is 5.69 Å². The Morgan fingerprint density at radius 1 is 1.53 bits per heavy atom. The van der Waals surface area contributed by atoms with Crippen LogP contribution >= 0.6 is 11.3 Å². The fraction of sp³-hybridized carbons (Fsp3) is 0.714. The number of nitrogens with zero attached hydrogens (tertiary/aromatic N) is 1. The molecule has 0 radical (unpaired) electrons. The summed E-state index contributed by atoms with van der Waals surface area (Å²) < 4.78 is 4.98. The lowest BCUT2D eigenvalue weighted by atomic mass is 10.0. The van der Waals surface area contributed by atoms with Crippen LogP contribution in [0.5, 0.6) is 0 Å². The monoisotopic (exact) mass is 282 g/mol. The average molecular weight is 282 g/mol. The third-order valence-corrected chi connectivity index (χ3v) is 4.37. The molecule has 1 heterocycles. The predicted molar refractivity (Wildman–Crippen MR) is 77.8 cm³/mol. The maximum Gasteiger partial charge on any atom is 0.360 e. The maximum atomic E-state index is 11.7. The van der Waals surface area contributed by atoms with Crippen molar-refractivity contribution in [1.29, 1.82) is 0 Å². The maximum absolute atomic E-state index is 11.7. The van der Waals surface area contributed by atoms with Crippen LogP contribution in [0.3, 0.4) is 0 Å². The van der Waals surface area contributed by atoms with Gasteiger partial charge in [0.2, 0.25) is 0 Å². The lowest BCUT2D eigenvalue weighted by molar-refractivity contribution is 0.0521. The number of hydrogen-bond acceptors (Lipinski definition) is 5. The number of esters is 1. The molecule has 1 aromatic rings. The van der Waals surface area contributed by atoms with E-state index in [-0.39, 0.29) is 5.97 Å². The van der Waals surface area contributed by atoms with Gasteiger partial charge >= 0.3 is 5.97 Å². The van der Waals surface area contributed by atoms with E-state index in [0.29, 0.717) is 12.3 Å². The van der Waals surface area contributed by atoms with Crippen molar-refractivity contribution >= 4 is 22.3 Å². The van der Waals surface area contributed by atoms with Crippen LogP contribution in [0.1, 0.15) is 55.9 Å². The van der Waals surface area contributed by atoms with Crippen LogP contribution in [0.25, 0.3) is 0 Å². The van der Waals surface area contributed by atoms with Crippen molar-refractivity contribution in [3.05, 3.63) is 11.2 Å². The van der Waals surface area contributed by atoms with Crippen LogP contribution in [-0.2, 0) is 4.74 Å². The summed E-state index contributed by atoms with van der Waals surface area (Å²) in [5.74, 6) is 0.592. The molecule has 4 nitrogen and oxygen atoms in total. The van der Waals surface area contributed by atoms with Crippen molar-refractivity contribution in [2.24, 2.45) is 5.92 Å². The summed E-state index contributed by atoms with van der Waals surface area (Å²) in [5.41, 5.74) is 2.11. The highest BCUT2D eigenvalue weighted by Crippen LogP contribution is 2.28. The second-order valence-corrected chi connectivity index (χ2v) is 5.82. The van der Waals surface area contributed by atoms with Gasteiger partial charge in [-0.05, 0) is 25.7 Å². The van der Waals surface area contributed by atoms with E-state index in [9.17, 15) is 4.79 Å². The summed E-state index contributed by atoms with van der Waals surface area (Å²) in [6.45, 7) is 3.10. The molecule has 0 bridgehead atoms. The molecule has 0 amide bonds. The molecule has 0 saturated heterocycles. The van der Waals surface area contributed by atoms with E-state index < -0.39 is 0 Å². The lowest BCUT2D eigenvalue weighted by Gasteiger charge is -2.09. The van der Waals surface area contributed by atoms with Gasteiger partial charge in [0.25, 0.3) is 0 Å². The fourth-order valence-electron chi connectivity index (χ4n) is 2.61. The first kappa shape index (κ1) is 14.3. The first-order chi connectivity index (χ1) is 9.31. The van der Waals surface area contributed by atoms with Gasteiger partial charge in [-0.15, -0.1) is 11.3 Å². The van der Waals surface area contributed by atoms with Gasteiger partial charge in [-0.1, -0.05) is 25.7 Å². The zero-order valence-electron chi connectivity index (χ0n) is 11.5. The molecule has 1 aliphatic rings. The Morgan fingerprint density at radius 3 is 3.05 bits per heavy atom. The molecule has 5 heteroatoms. The molecule has 0 aromatic carbocycles. The summed E-state index contributed by atoms with van der Waals surface area (Å²) in [6.07, 6.45) is 8.05. The van der Waals surface area contributed by atoms with Gasteiger partial charge in [0.05, 0.1) is 12.1 Å². The summed E-state index contributed by atoms with van der Waals surface area (Å²) in [5, 5.41) is 4.15. The number of thiazole rings is 1. The van der Waals surface area contributed by atoms with Gasteiger partial charge in [-0.3, -0.25) is 0 Å². The Labute approximate surface area is 118 Å². The zero-order chi connectivity index (χ0) is 13.5. The minimum atomic E-state index is -0.331. The lowest BCUT2D eigenvalue weighted by Crippen LogP contribution is -2.10. The predicted octanol–water partition coefficient (Wildman–Crippen LogP) is 3.70. The van der Waals surface area contributed by atoms with E-state index >= 15 is 0 Å². The molecular formula is C14H22N2O2S. The SMILES string of the molecule is CCOC(=O)c1ncsc1NCCCC1CCCC1. The van der Waals surface area contributed by atoms with E-state index in [1.165, 1.54) is 43.4 Å². The minimum Gasteiger partial charge on any atom is -0.461 e. The molecule has 0 aliphatic heterocycles. The summed E-state index contributed by atoms with van der Waals surface area (Å²) >= 11 is 1.46. The van der Waals surface area contributed by atoms with E-state index in [0.717, 1.165) is 23.9 Å². The van der Waals surface area contributed by atoms with Crippen molar-refractivity contribution in [2.45, 2.75) is 45.4 Å². The number of rotatable bonds is 7. The Morgan fingerprint density at radius 2 is 2.32 bits per heavy atom. The fourth-order valence-corrected chi connectivity index (χ4v) is 3.30. The average Bonchev–Trinajstić information content (AvgIpc) is 3.06. The van der Waals surface area contributed by atoms with Crippen LogP contribution < -0.4 is 5.32 Å². The van der Waals surface area contributed by atoms with Crippen molar-refractivity contribution in [3.8, 4) is 0 Å². The Bertz CT molecular complexity index is 400. The summed E-state index contributed by atoms with van der Waals surface area (Å²) in [7, 11) is 0. The first-order valence-electron chi connectivity index (χ1n) is 7.15. The molecule has 1 aliphatic carbocycles. The number of anilines is 1. The number of carbonyl (C=O) groups excluding carboxylic acids is 1. The van der Waals surface area contributed by atoms with Crippen molar-refractivity contribution < 1.29 is 9.53 Å². The summed E-state index contributed by atoms with van der Waals surface area (Å²) in [4.78, 5) is 15.7. The van der Waals surface area contributed by atoms with Gasteiger partial charge in [-0.2, -0.15) is 0 Å². The number of nitrogens with one attached hydrogen (secondary N) is 1. The first-order valence-corrected chi connectivity index (χ1v) is 8.03. The molecule has 19 heavy (non-hydrogen) atoms. The van der Waals surface area contributed by atoms with Crippen LogP contribution in [-0.4, -0.2) is 24.1 Å². The number of carbonyl (C=O) groups is 1. The number of ether oxygens (including phenoxy) is 1. The standard InChI is InChI=1S/C14H22N2O2S/c1-2-18-14(17)12-13(19-10-16-12)15-9-5-8-11-6-3-4-7-11/h10-11,15H,2-9H2,1H3. The Balaban J connectivity index is 1.73. The van der Waals surface area contributed by atoms with E-state index in [2.05, 4.69) is 10.3 Å². The van der Waals surface area contributed by atoms with Gasteiger partial charge in [0, 0.05) is 6.54 Å². The van der Waals surface area contributed by atoms with Crippen molar-refractivity contribution in [3.63, 3.8) is 0 Å². The second kappa shape index (κ2) is 7.48. The zero-order valence-corrected chi connectivity index (χ0v) is 12.3. The van der Waals surface area contributed by atoms with Crippen LogP contribution in [0, 0.1) is 5.92 Å².